The zero-order chi connectivity index (χ0) is 18.7. The molecular formula is C19H12Cl3NO2S. The third-order valence-corrected chi connectivity index (χ3v) is 5.29. The zero-order valence-corrected chi connectivity index (χ0v) is 16.3. The third kappa shape index (κ3) is 4.46. The molecule has 132 valence electrons. The molecule has 3 nitrogen and oxygen atoms in total. The molecule has 3 aromatic carbocycles. The van der Waals surface area contributed by atoms with Crippen LogP contribution in [-0.4, -0.2) is 11.0 Å². The molecule has 3 aromatic rings. The lowest BCUT2D eigenvalue weighted by Crippen LogP contribution is -2.13. The highest BCUT2D eigenvalue weighted by Crippen LogP contribution is 2.35. The van der Waals surface area contributed by atoms with E-state index < -0.39 is 5.91 Å². The molecule has 0 saturated heterocycles. The average Bonchev–Trinajstić information content (AvgIpc) is 2.61. The number of phenols is 1. The summed E-state index contributed by atoms with van der Waals surface area (Å²) >= 11 is 19.2. The van der Waals surface area contributed by atoms with Crippen LogP contribution in [0, 0.1) is 0 Å². The third-order valence-electron chi connectivity index (χ3n) is 3.45. The van der Waals surface area contributed by atoms with E-state index in [0.717, 1.165) is 9.79 Å². The summed E-state index contributed by atoms with van der Waals surface area (Å²) in [6.07, 6.45) is 0. The van der Waals surface area contributed by atoms with Crippen LogP contribution in [0.5, 0.6) is 5.75 Å². The summed E-state index contributed by atoms with van der Waals surface area (Å²) in [4.78, 5) is 14.4. The molecule has 26 heavy (non-hydrogen) atoms. The Labute approximate surface area is 169 Å². The van der Waals surface area contributed by atoms with Crippen molar-refractivity contribution in [3.63, 3.8) is 0 Å². The van der Waals surface area contributed by atoms with Crippen LogP contribution in [0.25, 0.3) is 0 Å². The topological polar surface area (TPSA) is 49.3 Å². The Morgan fingerprint density at radius 1 is 0.923 bits per heavy atom. The Morgan fingerprint density at radius 2 is 1.62 bits per heavy atom. The molecule has 7 heteroatoms. The van der Waals surface area contributed by atoms with E-state index in [-0.39, 0.29) is 21.4 Å². The van der Waals surface area contributed by atoms with Crippen LogP contribution in [0.15, 0.2) is 70.5 Å². The molecule has 3 rings (SSSR count). The molecule has 0 aliphatic heterocycles. The van der Waals surface area contributed by atoms with E-state index in [1.165, 1.54) is 23.9 Å². The molecule has 0 spiro atoms. The Hall–Kier alpha value is -1.85. The molecule has 0 fully saturated rings. The first-order valence-electron chi connectivity index (χ1n) is 7.46. The number of carbonyl (C=O) groups is 1. The molecule has 0 bridgehead atoms. The molecule has 0 atom stereocenters. The first kappa shape index (κ1) is 18.9. The van der Waals surface area contributed by atoms with E-state index in [4.69, 9.17) is 34.8 Å². The largest absolute Gasteiger partial charge is 0.506 e. The van der Waals surface area contributed by atoms with Gasteiger partial charge in [-0.05, 0) is 48.5 Å². The van der Waals surface area contributed by atoms with E-state index in [1.54, 1.807) is 18.2 Å². The van der Waals surface area contributed by atoms with Gasteiger partial charge in [-0.1, -0.05) is 58.7 Å². The van der Waals surface area contributed by atoms with Crippen molar-refractivity contribution in [2.24, 2.45) is 0 Å². The summed E-state index contributed by atoms with van der Waals surface area (Å²) < 4.78 is 0. The minimum atomic E-state index is -0.504. The standard InChI is InChI=1S/C19H12Cl3NO2S/c20-11-5-7-13(8-6-11)26-17-4-2-1-3-16(17)23-19(25)14-9-12(21)10-15(22)18(14)24/h1-10,24H,(H,23,25). The number of amides is 1. The first-order valence-corrected chi connectivity index (χ1v) is 9.41. The predicted molar refractivity (Wildman–Crippen MR) is 108 cm³/mol. The highest BCUT2D eigenvalue weighted by Gasteiger charge is 2.17. The number of benzene rings is 3. The predicted octanol–water partition coefficient (Wildman–Crippen LogP) is 6.76. The molecule has 0 saturated carbocycles. The van der Waals surface area contributed by atoms with Crippen molar-refractivity contribution in [1.82, 2.24) is 0 Å². The molecule has 0 unspecified atom stereocenters. The first-order chi connectivity index (χ1) is 12.4. The van der Waals surface area contributed by atoms with Crippen molar-refractivity contribution in [1.29, 1.82) is 0 Å². The van der Waals surface area contributed by atoms with Crippen LogP contribution >= 0.6 is 46.6 Å². The second-order valence-electron chi connectivity index (χ2n) is 5.29. The van der Waals surface area contributed by atoms with Crippen molar-refractivity contribution in [2.45, 2.75) is 9.79 Å². The lowest BCUT2D eigenvalue weighted by molar-refractivity contribution is 0.102. The maximum absolute atomic E-state index is 12.6. The van der Waals surface area contributed by atoms with Crippen LogP contribution < -0.4 is 5.32 Å². The van der Waals surface area contributed by atoms with E-state index in [0.29, 0.717) is 10.7 Å². The molecule has 0 heterocycles. The fraction of sp³-hybridized carbons (Fsp3) is 0. The average molecular weight is 425 g/mol. The maximum Gasteiger partial charge on any atom is 0.259 e. The van der Waals surface area contributed by atoms with Crippen molar-refractivity contribution < 1.29 is 9.90 Å². The number of halogens is 3. The van der Waals surface area contributed by atoms with Crippen LogP contribution in [0.4, 0.5) is 5.69 Å². The smallest absolute Gasteiger partial charge is 0.259 e. The fourth-order valence-corrected chi connectivity index (χ4v) is 3.74. The normalized spacial score (nSPS) is 10.6. The molecule has 1 amide bonds. The number of hydrogen-bond donors (Lipinski definition) is 2. The van der Waals surface area contributed by atoms with Gasteiger partial charge in [-0.15, -0.1) is 0 Å². The summed E-state index contributed by atoms with van der Waals surface area (Å²) in [7, 11) is 0. The van der Waals surface area contributed by atoms with Gasteiger partial charge in [0, 0.05) is 19.8 Å². The summed E-state index contributed by atoms with van der Waals surface area (Å²) in [5, 5.41) is 13.8. The van der Waals surface area contributed by atoms with E-state index >= 15 is 0 Å². The Bertz CT molecular complexity index is 961. The van der Waals surface area contributed by atoms with Crippen molar-refractivity contribution in [3.8, 4) is 5.75 Å². The van der Waals surface area contributed by atoms with Crippen molar-refractivity contribution >= 4 is 58.2 Å². The van der Waals surface area contributed by atoms with Gasteiger partial charge in [-0.2, -0.15) is 0 Å². The van der Waals surface area contributed by atoms with Gasteiger partial charge in [0.2, 0.25) is 0 Å². The molecular weight excluding hydrogens is 413 g/mol. The lowest BCUT2D eigenvalue weighted by Gasteiger charge is -2.12. The quantitative estimate of drug-likeness (QED) is 0.486. The summed E-state index contributed by atoms with van der Waals surface area (Å²) in [5.41, 5.74) is 0.613. The van der Waals surface area contributed by atoms with Gasteiger partial charge in [0.25, 0.3) is 5.91 Å². The van der Waals surface area contributed by atoms with Crippen molar-refractivity contribution in [2.75, 3.05) is 5.32 Å². The minimum absolute atomic E-state index is 0.00814. The summed E-state index contributed by atoms with van der Waals surface area (Å²) in [5.74, 6) is -0.813. The molecule has 0 aromatic heterocycles. The lowest BCUT2D eigenvalue weighted by atomic mass is 10.2. The number of carbonyl (C=O) groups excluding carboxylic acids is 1. The number of rotatable bonds is 4. The number of aromatic hydroxyl groups is 1. The van der Waals surface area contributed by atoms with Gasteiger partial charge >= 0.3 is 0 Å². The summed E-state index contributed by atoms with van der Waals surface area (Å²) in [6, 6.07) is 17.5. The minimum Gasteiger partial charge on any atom is -0.506 e. The van der Waals surface area contributed by atoms with Gasteiger partial charge in [-0.25, -0.2) is 0 Å². The van der Waals surface area contributed by atoms with E-state index in [9.17, 15) is 9.90 Å². The maximum atomic E-state index is 12.6. The molecule has 2 N–H and O–H groups in total. The molecule has 0 aliphatic rings. The van der Waals surface area contributed by atoms with Crippen molar-refractivity contribution in [3.05, 3.63) is 81.3 Å². The molecule has 0 radical (unpaired) electrons. The SMILES string of the molecule is O=C(Nc1ccccc1Sc1ccc(Cl)cc1)c1cc(Cl)cc(Cl)c1O. The number of anilines is 1. The molecule has 0 aliphatic carbocycles. The summed E-state index contributed by atoms with van der Waals surface area (Å²) in [6.45, 7) is 0. The second-order valence-corrected chi connectivity index (χ2v) is 7.69. The zero-order valence-electron chi connectivity index (χ0n) is 13.2. The van der Waals surface area contributed by atoms with E-state index in [1.807, 2.05) is 30.3 Å². The number of phenolic OH excluding ortho intramolecular Hbond substituents is 1. The highest BCUT2D eigenvalue weighted by molar-refractivity contribution is 7.99. The van der Waals surface area contributed by atoms with Crippen LogP contribution in [0.2, 0.25) is 15.1 Å². The van der Waals surface area contributed by atoms with E-state index in [2.05, 4.69) is 5.32 Å². The number of para-hydroxylation sites is 1. The van der Waals surface area contributed by atoms with Gasteiger partial charge in [0.05, 0.1) is 16.3 Å². The van der Waals surface area contributed by atoms with Gasteiger partial charge < -0.3 is 10.4 Å². The fourth-order valence-electron chi connectivity index (χ4n) is 2.22. The van der Waals surface area contributed by atoms with Gasteiger partial charge in [0.15, 0.2) is 0 Å². The van der Waals surface area contributed by atoms with Crippen LogP contribution in [-0.2, 0) is 0 Å². The van der Waals surface area contributed by atoms with Gasteiger partial charge in [0.1, 0.15) is 5.75 Å². The number of nitrogens with one attached hydrogen (secondary N) is 1. The monoisotopic (exact) mass is 423 g/mol. The van der Waals surface area contributed by atoms with Crippen LogP contribution in [0.1, 0.15) is 10.4 Å². The van der Waals surface area contributed by atoms with Gasteiger partial charge in [-0.3, -0.25) is 4.79 Å². The number of hydrogen-bond acceptors (Lipinski definition) is 3. The second kappa shape index (κ2) is 8.23. The highest BCUT2D eigenvalue weighted by atomic mass is 35.5. The Balaban J connectivity index is 1.86. The van der Waals surface area contributed by atoms with Crippen LogP contribution in [0.3, 0.4) is 0 Å². The Morgan fingerprint density at radius 3 is 2.35 bits per heavy atom. The Kier molecular flexibility index (Phi) is 5.99.